The number of nitrogens with two attached hydrogens (primary N) is 1. The molecule has 0 saturated heterocycles. The zero-order valence-electron chi connectivity index (χ0n) is 7.64. The summed E-state index contributed by atoms with van der Waals surface area (Å²) >= 11 is 1.24. The lowest BCUT2D eigenvalue weighted by Gasteiger charge is -2.01. The second-order valence-corrected chi connectivity index (χ2v) is 3.52. The van der Waals surface area contributed by atoms with Gasteiger partial charge in [0.1, 0.15) is 5.82 Å². The summed E-state index contributed by atoms with van der Waals surface area (Å²) in [5, 5.41) is 3.80. The first-order valence-corrected chi connectivity index (χ1v) is 4.82. The van der Waals surface area contributed by atoms with Crippen molar-refractivity contribution in [3.63, 3.8) is 0 Å². The van der Waals surface area contributed by atoms with Crippen LogP contribution >= 0.6 is 11.5 Å². The molecule has 2 heterocycles. The largest absolute Gasteiger partial charge is 0.367 e. The van der Waals surface area contributed by atoms with E-state index in [0.29, 0.717) is 17.6 Å². The summed E-state index contributed by atoms with van der Waals surface area (Å²) in [6.45, 7) is 0.623. The Balaban J connectivity index is 1.98. The fraction of sp³-hybridized carbons (Fsp3) is 0.286. The number of nitrogens with one attached hydrogen (secondary N) is 1. The molecule has 0 aromatic carbocycles. The lowest BCUT2D eigenvalue weighted by atomic mass is 10.6. The summed E-state index contributed by atoms with van der Waals surface area (Å²) in [6, 6.07) is 0. The molecule has 0 bridgehead atoms. The van der Waals surface area contributed by atoms with E-state index in [4.69, 9.17) is 5.73 Å². The van der Waals surface area contributed by atoms with Crippen LogP contribution in [-0.4, -0.2) is 18.9 Å². The van der Waals surface area contributed by atoms with E-state index in [1.807, 2.05) is 17.8 Å². The van der Waals surface area contributed by atoms with E-state index in [0.717, 1.165) is 5.82 Å². The second kappa shape index (κ2) is 3.62. The van der Waals surface area contributed by atoms with E-state index in [1.165, 1.54) is 11.5 Å². The smallest absolute Gasteiger partial charge is 0.233 e. The highest BCUT2D eigenvalue weighted by molar-refractivity contribution is 7.09. The molecule has 0 unspecified atom stereocenters. The minimum Gasteiger partial charge on any atom is -0.367 e. The van der Waals surface area contributed by atoms with Gasteiger partial charge in [0, 0.05) is 31.0 Å². The van der Waals surface area contributed by atoms with E-state index < -0.39 is 0 Å². The van der Waals surface area contributed by atoms with Crippen molar-refractivity contribution in [2.75, 3.05) is 11.1 Å². The van der Waals surface area contributed by atoms with Crippen molar-refractivity contribution in [3.05, 3.63) is 18.2 Å². The van der Waals surface area contributed by atoms with Crippen molar-refractivity contribution in [2.24, 2.45) is 7.05 Å². The van der Waals surface area contributed by atoms with Crippen molar-refractivity contribution in [1.29, 1.82) is 0 Å². The predicted molar refractivity (Wildman–Crippen MR) is 54.9 cm³/mol. The first-order chi connectivity index (χ1) is 6.75. The van der Waals surface area contributed by atoms with Crippen molar-refractivity contribution in [1.82, 2.24) is 18.9 Å². The molecule has 3 N–H and O–H groups in total. The average molecular weight is 210 g/mol. The van der Waals surface area contributed by atoms with E-state index >= 15 is 0 Å². The number of hydrogen-bond donors (Lipinski definition) is 2. The predicted octanol–water partition coefficient (Wildman–Crippen LogP) is 0.466. The van der Waals surface area contributed by atoms with Gasteiger partial charge in [-0.2, -0.15) is 9.36 Å². The molecule has 6 nitrogen and oxygen atoms in total. The molecule has 2 aromatic rings. The summed E-state index contributed by atoms with van der Waals surface area (Å²) in [4.78, 5) is 8.14. The van der Waals surface area contributed by atoms with E-state index in [-0.39, 0.29) is 0 Å². The maximum atomic E-state index is 5.38. The molecule has 14 heavy (non-hydrogen) atoms. The molecule has 0 amide bonds. The Bertz CT molecular complexity index is 419. The number of nitrogens with zero attached hydrogens (tertiary/aromatic N) is 4. The molecule has 0 atom stereocenters. The Morgan fingerprint density at radius 1 is 1.64 bits per heavy atom. The van der Waals surface area contributed by atoms with Crippen LogP contribution in [0.25, 0.3) is 0 Å². The lowest BCUT2D eigenvalue weighted by Crippen LogP contribution is -2.05. The van der Waals surface area contributed by atoms with Crippen molar-refractivity contribution in [3.8, 4) is 0 Å². The van der Waals surface area contributed by atoms with Crippen molar-refractivity contribution >= 4 is 22.6 Å². The Morgan fingerprint density at radius 3 is 3.07 bits per heavy atom. The molecule has 0 saturated carbocycles. The SMILES string of the molecule is Cn1ccnc1CNc1nc(N)ns1. The molecule has 0 fully saturated rings. The molecule has 0 aliphatic carbocycles. The summed E-state index contributed by atoms with van der Waals surface area (Å²) in [7, 11) is 1.94. The number of nitrogen functional groups attached to an aromatic ring is 1. The fourth-order valence-corrected chi connectivity index (χ4v) is 1.52. The van der Waals surface area contributed by atoms with Crippen LogP contribution in [-0.2, 0) is 13.6 Å². The number of aryl methyl sites for hydroxylation is 1. The molecule has 0 radical (unpaired) electrons. The van der Waals surface area contributed by atoms with Crippen molar-refractivity contribution < 1.29 is 0 Å². The molecule has 2 rings (SSSR count). The maximum absolute atomic E-state index is 5.38. The van der Waals surface area contributed by atoms with Gasteiger partial charge < -0.3 is 15.6 Å². The topological polar surface area (TPSA) is 81.7 Å². The average Bonchev–Trinajstić information content (AvgIpc) is 2.72. The summed E-state index contributed by atoms with van der Waals surface area (Å²) in [6.07, 6.45) is 3.65. The summed E-state index contributed by atoms with van der Waals surface area (Å²) < 4.78 is 5.80. The van der Waals surface area contributed by atoms with Crippen LogP contribution < -0.4 is 11.1 Å². The first kappa shape index (κ1) is 8.95. The highest BCUT2D eigenvalue weighted by atomic mass is 32.1. The summed E-state index contributed by atoms with van der Waals surface area (Å²) in [5.41, 5.74) is 5.38. The van der Waals surface area contributed by atoms with Gasteiger partial charge in [-0.25, -0.2) is 4.98 Å². The quantitative estimate of drug-likeness (QED) is 0.769. The Labute approximate surface area is 85.0 Å². The number of anilines is 2. The second-order valence-electron chi connectivity index (χ2n) is 2.77. The van der Waals surface area contributed by atoms with Gasteiger partial charge in [-0.3, -0.25) is 0 Å². The zero-order chi connectivity index (χ0) is 9.97. The van der Waals surface area contributed by atoms with Gasteiger partial charge in [0.15, 0.2) is 0 Å². The monoisotopic (exact) mass is 210 g/mol. The minimum absolute atomic E-state index is 0.303. The van der Waals surface area contributed by atoms with Crippen LogP contribution in [0.5, 0.6) is 0 Å². The van der Waals surface area contributed by atoms with Gasteiger partial charge in [0.2, 0.25) is 11.1 Å². The third-order valence-corrected chi connectivity index (χ3v) is 2.45. The van der Waals surface area contributed by atoms with Gasteiger partial charge in [-0.15, -0.1) is 0 Å². The molecular weight excluding hydrogens is 200 g/mol. The molecule has 0 aliphatic heterocycles. The number of rotatable bonds is 3. The van der Waals surface area contributed by atoms with Gasteiger partial charge in [-0.1, -0.05) is 0 Å². The number of imidazole rings is 1. The van der Waals surface area contributed by atoms with Gasteiger partial charge in [-0.05, 0) is 0 Å². The van der Waals surface area contributed by atoms with Crippen LogP contribution in [0.15, 0.2) is 12.4 Å². The third kappa shape index (κ3) is 1.82. The van der Waals surface area contributed by atoms with E-state index in [9.17, 15) is 0 Å². The van der Waals surface area contributed by atoms with E-state index in [2.05, 4.69) is 19.7 Å². The Kier molecular flexibility index (Phi) is 2.32. The van der Waals surface area contributed by atoms with Gasteiger partial charge in [0.05, 0.1) is 6.54 Å². The van der Waals surface area contributed by atoms with E-state index in [1.54, 1.807) is 6.20 Å². The lowest BCUT2D eigenvalue weighted by molar-refractivity contribution is 0.812. The van der Waals surface area contributed by atoms with Gasteiger partial charge in [0.25, 0.3) is 0 Å². The molecule has 74 valence electrons. The first-order valence-electron chi connectivity index (χ1n) is 4.05. The Hall–Kier alpha value is -1.63. The maximum Gasteiger partial charge on any atom is 0.233 e. The van der Waals surface area contributed by atoms with Crippen LogP contribution in [0, 0.1) is 0 Å². The molecule has 2 aromatic heterocycles. The minimum atomic E-state index is 0.303. The summed E-state index contributed by atoms with van der Waals surface area (Å²) in [5.74, 6) is 1.25. The highest BCUT2D eigenvalue weighted by Crippen LogP contribution is 2.12. The number of hydrogen-bond acceptors (Lipinski definition) is 6. The fourth-order valence-electron chi connectivity index (χ4n) is 1.03. The van der Waals surface area contributed by atoms with Crippen LogP contribution in [0.1, 0.15) is 5.82 Å². The third-order valence-electron chi connectivity index (χ3n) is 1.76. The standard InChI is InChI=1S/C7H10N6S/c1-13-3-2-9-5(13)4-10-7-11-6(8)12-14-7/h2-3H,4H2,1H3,(H3,8,10,11,12). The van der Waals surface area contributed by atoms with Crippen LogP contribution in [0.3, 0.4) is 0 Å². The number of aromatic nitrogens is 4. The zero-order valence-corrected chi connectivity index (χ0v) is 8.45. The van der Waals surface area contributed by atoms with Crippen molar-refractivity contribution in [2.45, 2.75) is 6.54 Å². The normalized spacial score (nSPS) is 10.4. The van der Waals surface area contributed by atoms with Crippen LogP contribution in [0.2, 0.25) is 0 Å². The molecular formula is C7H10N6S. The molecule has 0 aliphatic rings. The molecule has 7 heteroatoms. The van der Waals surface area contributed by atoms with Crippen LogP contribution in [0.4, 0.5) is 11.1 Å². The van der Waals surface area contributed by atoms with Gasteiger partial charge >= 0.3 is 0 Å². The molecule has 0 spiro atoms. The Morgan fingerprint density at radius 2 is 2.50 bits per heavy atom. The highest BCUT2D eigenvalue weighted by Gasteiger charge is 2.02.